The summed E-state index contributed by atoms with van der Waals surface area (Å²) in [5, 5.41) is 0. The molecule has 0 radical (unpaired) electrons. The van der Waals surface area contributed by atoms with Crippen LogP contribution in [0.5, 0.6) is 0 Å². The van der Waals surface area contributed by atoms with E-state index in [4.69, 9.17) is 0 Å². The van der Waals surface area contributed by atoms with Gasteiger partial charge in [-0.1, -0.05) is 0 Å². The lowest BCUT2D eigenvalue weighted by Gasteiger charge is -2.27. The Morgan fingerprint density at radius 1 is 0.583 bits per heavy atom. The summed E-state index contributed by atoms with van der Waals surface area (Å²) >= 11 is 0. The van der Waals surface area contributed by atoms with Gasteiger partial charge in [-0.2, -0.15) is 51.8 Å². The van der Waals surface area contributed by atoms with Gasteiger partial charge in [-0.15, -0.1) is 0 Å². The van der Waals surface area contributed by atoms with Gasteiger partial charge in [0.1, 0.15) is 23.3 Å². The molecule has 2 aromatic carbocycles. The molecule has 0 bridgehead atoms. The minimum atomic E-state index is -7.30. The minimum absolute atomic E-state index is 0.0578. The summed E-state index contributed by atoms with van der Waals surface area (Å²) in [6.45, 7) is 0. The van der Waals surface area contributed by atoms with E-state index in [1.54, 1.807) is 0 Å². The molecule has 2 rings (SSSR count). The molecular formula is C16H6F10N2O6S2. The number of carbonyl (C=O) groups is 2. The van der Waals surface area contributed by atoms with Gasteiger partial charge < -0.3 is 0 Å². The Labute approximate surface area is 193 Å². The highest BCUT2D eigenvalue weighted by Gasteiger charge is 2.58. The first kappa shape index (κ1) is 28.8. The fourth-order valence-corrected chi connectivity index (χ4v) is 4.16. The summed E-state index contributed by atoms with van der Waals surface area (Å²) in [4.78, 5) is 25.0. The molecule has 8 nitrogen and oxygen atoms in total. The molecule has 0 aliphatic rings. The maximum Gasteiger partial charge on any atom is 0.517 e. The highest BCUT2D eigenvalue weighted by atomic mass is 32.2. The van der Waals surface area contributed by atoms with E-state index in [9.17, 15) is 70.3 Å². The Morgan fingerprint density at radius 2 is 0.861 bits per heavy atom. The number of carbonyl (C=O) groups excluding carboxylic acids is 2. The van der Waals surface area contributed by atoms with Crippen LogP contribution in [0, 0.1) is 23.3 Å². The van der Waals surface area contributed by atoms with E-state index in [0.717, 1.165) is 0 Å². The number of anilines is 2. The molecule has 0 fully saturated rings. The monoisotopic (exact) mass is 576 g/mol. The number of nitrogens with zero attached hydrogens (tertiary/aromatic N) is 2. The Bertz CT molecular complexity index is 1330. The molecule has 0 saturated heterocycles. The lowest BCUT2D eigenvalue weighted by molar-refractivity contribution is -0.135. The summed E-state index contributed by atoms with van der Waals surface area (Å²) in [6.07, 6.45) is 0. The second-order valence-corrected chi connectivity index (χ2v) is 9.79. The standard InChI is InChI=1S/C16H6F10N2O6S2/c17-7-1-3-9(19)11(5-7)27(35(31,32)15(21,22)23)13(29)14(30)28(36(33,34)16(24,25)26)12-6-8(18)2-4-10(12)20/h1-6H. The van der Waals surface area contributed by atoms with Gasteiger partial charge in [-0.05, 0) is 24.3 Å². The van der Waals surface area contributed by atoms with Crippen LogP contribution in [-0.2, 0) is 29.6 Å². The van der Waals surface area contributed by atoms with Crippen LogP contribution in [0.15, 0.2) is 36.4 Å². The van der Waals surface area contributed by atoms with E-state index < -0.39 is 98.3 Å². The summed E-state index contributed by atoms with van der Waals surface area (Å²) in [6, 6.07) is -0.558. The number of rotatable bonds is 4. The van der Waals surface area contributed by atoms with Crippen LogP contribution in [0.4, 0.5) is 55.3 Å². The fourth-order valence-electron chi connectivity index (χ4n) is 2.36. The number of alkyl halides is 6. The first-order chi connectivity index (χ1) is 16.1. The van der Waals surface area contributed by atoms with Crippen molar-refractivity contribution in [3.8, 4) is 0 Å². The maximum absolute atomic E-state index is 14.1. The Balaban J connectivity index is 2.92. The SMILES string of the molecule is O=C(C(=O)N(c1cc(F)ccc1F)S(=O)(=O)C(F)(F)F)N(c1cc(F)ccc1F)S(=O)(=O)C(F)(F)F. The highest BCUT2D eigenvalue weighted by molar-refractivity contribution is 7.95. The number of hydrogen-bond donors (Lipinski definition) is 0. The normalized spacial score (nSPS) is 12.8. The van der Waals surface area contributed by atoms with Crippen molar-refractivity contribution in [3.05, 3.63) is 59.7 Å². The van der Waals surface area contributed by atoms with Gasteiger partial charge in [0, 0.05) is 12.1 Å². The molecule has 2 aromatic rings. The second-order valence-electron chi connectivity index (χ2n) is 6.23. The molecule has 0 aliphatic carbocycles. The molecule has 2 amide bonds. The molecule has 0 saturated carbocycles. The minimum Gasteiger partial charge on any atom is -0.262 e. The van der Waals surface area contributed by atoms with E-state index in [2.05, 4.69) is 0 Å². The van der Waals surface area contributed by atoms with Crippen LogP contribution >= 0.6 is 0 Å². The number of halogens is 10. The topological polar surface area (TPSA) is 109 Å². The summed E-state index contributed by atoms with van der Waals surface area (Å²) in [7, 11) is -14.6. The van der Waals surface area contributed by atoms with E-state index in [-0.39, 0.29) is 24.3 Å². The van der Waals surface area contributed by atoms with Gasteiger partial charge in [0.2, 0.25) is 0 Å². The lowest BCUT2D eigenvalue weighted by atomic mass is 10.2. The van der Waals surface area contributed by atoms with Crippen molar-refractivity contribution in [3.63, 3.8) is 0 Å². The highest BCUT2D eigenvalue weighted by Crippen LogP contribution is 2.36. The third kappa shape index (κ3) is 5.08. The predicted octanol–water partition coefficient (Wildman–Crippen LogP) is 3.31. The van der Waals surface area contributed by atoms with Crippen LogP contribution in [0.2, 0.25) is 0 Å². The summed E-state index contributed by atoms with van der Waals surface area (Å²) in [5.74, 6) is -14.6. The van der Waals surface area contributed by atoms with Crippen LogP contribution in [-0.4, -0.2) is 39.7 Å². The third-order valence-corrected chi connectivity index (χ3v) is 6.73. The molecule has 20 heteroatoms. The van der Waals surface area contributed by atoms with Crippen molar-refractivity contribution in [2.45, 2.75) is 11.0 Å². The van der Waals surface area contributed by atoms with Gasteiger partial charge >= 0.3 is 42.9 Å². The average Bonchev–Trinajstić information content (AvgIpc) is 2.71. The van der Waals surface area contributed by atoms with Crippen LogP contribution in [0.1, 0.15) is 0 Å². The van der Waals surface area contributed by atoms with Crippen LogP contribution in [0.3, 0.4) is 0 Å². The first-order valence-corrected chi connectivity index (χ1v) is 11.2. The van der Waals surface area contributed by atoms with E-state index in [0.29, 0.717) is 0 Å². The van der Waals surface area contributed by atoms with Crippen molar-refractivity contribution in [2.24, 2.45) is 0 Å². The van der Waals surface area contributed by atoms with Gasteiger partial charge in [0.15, 0.2) is 0 Å². The molecule has 0 heterocycles. The Hall–Kier alpha value is -3.42. The molecule has 36 heavy (non-hydrogen) atoms. The fraction of sp³-hybridized carbons (Fsp3) is 0.125. The van der Waals surface area contributed by atoms with Gasteiger partial charge in [-0.25, -0.2) is 17.6 Å². The molecule has 198 valence electrons. The lowest BCUT2D eigenvalue weighted by Crippen LogP contribution is -2.55. The van der Waals surface area contributed by atoms with Crippen molar-refractivity contribution in [2.75, 3.05) is 8.61 Å². The summed E-state index contributed by atoms with van der Waals surface area (Å²) < 4.78 is 178. The number of hydrogen-bond acceptors (Lipinski definition) is 6. The van der Waals surface area contributed by atoms with Gasteiger partial charge in [-0.3, -0.25) is 9.59 Å². The Morgan fingerprint density at radius 3 is 1.11 bits per heavy atom. The molecule has 0 spiro atoms. The first-order valence-electron chi connectivity index (χ1n) is 8.36. The maximum atomic E-state index is 14.1. The quantitative estimate of drug-likeness (QED) is 0.409. The smallest absolute Gasteiger partial charge is 0.262 e. The molecule has 0 N–H and O–H groups in total. The van der Waals surface area contributed by atoms with Crippen molar-refractivity contribution in [1.29, 1.82) is 0 Å². The zero-order chi connectivity index (χ0) is 28.0. The Kier molecular flexibility index (Phi) is 7.38. The molecule has 0 aliphatic heterocycles. The number of amides is 2. The summed E-state index contributed by atoms with van der Waals surface area (Å²) in [5.41, 5.74) is -17.6. The predicted molar refractivity (Wildman–Crippen MR) is 97.6 cm³/mol. The zero-order valence-electron chi connectivity index (χ0n) is 16.4. The van der Waals surface area contributed by atoms with Crippen molar-refractivity contribution in [1.82, 2.24) is 0 Å². The number of sulfonamides is 2. The largest absolute Gasteiger partial charge is 0.517 e. The third-order valence-electron chi connectivity index (χ3n) is 3.87. The van der Waals surface area contributed by atoms with Crippen LogP contribution < -0.4 is 8.61 Å². The van der Waals surface area contributed by atoms with Gasteiger partial charge in [0.25, 0.3) is 0 Å². The molecule has 0 aromatic heterocycles. The molecule has 0 unspecified atom stereocenters. The van der Waals surface area contributed by atoms with Crippen molar-refractivity contribution >= 4 is 43.2 Å². The average molecular weight is 576 g/mol. The van der Waals surface area contributed by atoms with Gasteiger partial charge in [0.05, 0.1) is 11.4 Å². The molecule has 0 atom stereocenters. The second kappa shape index (κ2) is 9.22. The van der Waals surface area contributed by atoms with E-state index in [1.807, 2.05) is 0 Å². The van der Waals surface area contributed by atoms with Crippen molar-refractivity contribution < 1.29 is 70.3 Å². The van der Waals surface area contributed by atoms with Crippen LogP contribution in [0.25, 0.3) is 0 Å². The number of benzene rings is 2. The molecular weight excluding hydrogens is 570 g/mol. The zero-order valence-corrected chi connectivity index (χ0v) is 18.0. The van der Waals surface area contributed by atoms with E-state index >= 15 is 0 Å². The van der Waals surface area contributed by atoms with E-state index in [1.165, 1.54) is 0 Å².